The van der Waals surface area contributed by atoms with Crippen LogP contribution in [0.1, 0.15) is 33.6 Å². The predicted molar refractivity (Wildman–Crippen MR) is 129 cm³/mol. The number of hydrogen-bond acceptors (Lipinski definition) is 4. The van der Waals surface area contributed by atoms with Crippen molar-refractivity contribution >= 4 is 11.9 Å². The van der Waals surface area contributed by atoms with E-state index in [4.69, 9.17) is 10.2 Å². The van der Waals surface area contributed by atoms with Gasteiger partial charge in [-0.3, -0.25) is 19.3 Å². The number of carboxylic acid groups (broad SMARTS) is 1. The molecule has 0 unspecified atom stereocenters. The van der Waals surface area contributed by atoms with Crippen LogP contribution in [0, 0.1) is 0 Å². The van der Waals surface area contributed by atoms with E-state index >= 15 is 0 Å². The maximum atomic E-state index is 12.6. The monoisotopic (exact) mass is 454 g/mol. The number of rotatable bonds is 10. The molecular formula is C27H26N4O3. The predicted octanol–water partition coefficient (Wildman–Crippen LogP) is 3.98. The molecule has 7 nitrogen and oxygen atoms in total. The minimum absolute atomic E-state index is 0.0414. The molecule has 4 aromatic rings. The topological polar surface area (TPSA) is 97.1 Å². The van der Waals surface area contributed by atoms with Gasteiger partial charge in [-0.2, -0.15) is 5.10 Å². The second-order valence-electron chi connectivity index (χ2n) is 7.99. The summed E-state index contributed by atoms with van der Waals surface area (Å²) in [6.07, 6.45) is 4.75. The van der Waals surface area contributed by atoms with E-state index in [0.717, 1.165) is 28.1 Å². The van der Waals surface area contributed by atoms with E-state index in [1.165, 1.54) is 0 Å². The van der Waals surface area contributed by atoms with Gasteiger partial charge in [0.15, 0.2) is 0 Å². The molecule has 0 bridgehead atoms. The first-order valence-corrected chi connectivity index (χ1v) is 11.2. The Bertz CT molecular complexity index is 1250. The van der Waals surface area contributed by atoms with Gasteiger partial charge in [-0.05, 0) is 41.8 Å². The van der Waals surface area contributed by atoms with Crippen LogP contribution in [0.5, 0.6) is 0 Å². The summed E-state index contributed by atoms with van der Waals surface area (Å²) in [5.41, 5.74) is 5.07. The van der Waals surface area contributed by atoms with Gasteiger partial charge in [-0.1, -0.05) is 48.5 Å². The third kappa shape index (κ3) is 6.16. The molecule has 4 rings (SSSR count). The summed E-state index contributed by atoms with van der Waals surface area (Å²) in [7, 11) is 0. The molecule has 1 amide bonds. The van der Waals surface area contributed by atoms with Crippen LogP contribution in [-0.2, 0) is 24.2 Å². The van der Waals surface area contributed by atoms with Crippen molar-refractivity contribution < 1.29 is 14.7 Å². The molecule has 0 saturated carbocycles. The van der Waals surface area contributed by atoms with E-state index in [1.54, 1.807) is 16.9 Å². The highest BCUT2D eigenvalue weighted by Crippen LogP contribution is 2.23. The van der Waals surface area contributed by atoms with Crippen molar-refractivity contribution in [2.45, 2.75) is 25.8 Å². The van der Waals surface area contributed by atoms with Gasteiger partial charge in [0, 0.05) is 48.6 Å². The molecule has 2 aromatic heterocycles. The lowest BCUT2D eigenvalue weighted by Gasteiger charge is -2.07. The average molecular weight is 455 g/mol. The number of aliphatic carboxylic acids is 1. The summed E-state index contributed by atoms with van der Waals surface area (Å²) < 4.78 is 1.80. The number of nitrogens with one attached hydrogen (secondary N) is 1. The summed E-state index contributed by atoms with van der Waals surface area (Å²) in [6, 6.07) is 22.9. The summed E-state index contributed by atoms with van der Waals surface area (Å²) in [5, 5.41) is 16.8. The van der Waals surface area contributed by atoms with E-state index in [0.29, 0.717) is 31.5 Å². The molecule has 0 atom stereocenters. The van der Waals surface area contributed by atoms with Crippen LogP contribution >= 0.6 is 0 Å². The van der Waals surface area contributed by atoms with Crippen molar-refractivity contribution in [3.8, 4) is 11.3 Å². The van der Waals surface area contributed by atoms with E-state index in [2.05, 4.69) is 10.3 Å². The Morgan fingerprint density at radius 1 is 0.941 bits per heavy atom. The van der Waals surface area contributed by atoms with Crippen LogP contribution in [0.4, 0.5) is 0 Å². The quantitative estimate of drug-likeness (QED) is 0.378. The Labute approximate surface area is 198 Å². The smallest absolute Gasteiger partial charge is 0.303 e. The molecule has 0 aliphatic heterocycles. The van der Waals surface area contributed by atoms with Gasteiger partial charge in [0.2, 0.25) is 0 Å². The van der Waals surface area contributed by atoms with Gasteiger partial charge in [0.1, 0.15) is 0 Å². The number of nitrogens with zero attached hydrogens (tertiary/aromatic N) is 3. The van der Waals surface area contributed by atoms with Crippen molar-refractivity contribution in [3.63, 3.8) is 0 Å². The zero-order chi connectivity index (χ0) is 23.8. The fourth-order valence-electron chi connectivity index (χ4n) is 3.76. The largest absolute Gasteiger partial charge is 0.481 e. The van der Waals surface area contributed by atoms with Crippen LogP contribution < -0.4 is 5.32 Å². The molecule has 2 N–H and O–H groups in total. The van der Waals surface area contributed by atoms with Crippen LogP contribution in [0.2, 0.25) is 0 Å². The lowest BCUT2D eigenvalue weighted by Crippen LogP contribution is -2.26. The van der Waals surface area contributed by atoms with Crippen molar-refractivity contribution in [1.82, 2.24) is 20.1 Å². The van der Waals surface area contributed by atoms with Crippen molar-refractivity contribution in [2.75, 3.05) is 6.54 Å². The fourth-order valence-corrected chi connectivity index (χ4v) is 3.76. The number of amides is 1. The molecule has 0 saturated heterocycles. The van der Waals surface area contributed by atoms with E-state index in [1.807, 2.05) is 72.9 Å². The summed E-state index contributed by atoms with van der Waals surface area (Å²) in [4.78, 5) is 28.0. The first kappa shape index (κ1) is 22.9. The molecule has 0 aliphatic carbocycles. The number of aromatic nitrogens is 3. The summed E-state index contributed by atoms with van der Waals surface area (Å²) in [6.45, 7) is 0.981. The normalized spacial score (nSPS) is 10.7. The zero-order valence-corrected chi connectivity index (χ0v) is 18.7. The molecule has 0 aliphatic rings. The SMILES string of the molecule is O=C(O)CCc1cn(Cc2cccc(C(=O)NCCc3ccccn3)c2)nc1-c1ccccc1. The standard InChI is InChI=1S/C27H26N4O3/c32-25(33)13-12-23-19-31(30-26(23)21-8-2-1-3-9-21)18-20-7-6-10-22(17-20)27(34)29-16-14-24-11-4-5-15-28-24/h1-11,15,17,19H,12-14,16,18H2,(H,29,34)(H,32,33). The molecule has 34 heavy (non-hydrogen) atoms. The Kier molecular flexibility index (Phi) is 7.45. The number of hydrogen-bond donors (Lipinski definition) is 2. The number of benzene rings is 2. The second kappa shape index (κ2) is 11.0. The van der Waals surface area contributed by atoms with Gasteiger partial charge in [-0.15, -0.1) is 0 Å². The molecule has 172 valence electrons. The van der Waals surface area contributed by atoms with Gasteiger partial charge in [0.05, 0.1) is 12.2 Å². The lowest BCUT2D eigenvalue weighted by atomic mass is 10.0. The minimum atomic E-state index is -0.839. The number of carbonyl (C=O) groups is 2. The van der Waals surface area contributed by atoms with Crippen LogP contribution in [-0.4, -0.2) is 38.3 Å². The lowest BCUT2D eigenvalue weighted by molar-refractivity contribution is -0.136. The third-order valence-corrected chi connectivity index (χ3v) is 5.42. The first-order chi connectivity index (χ1) is 16.6. The van der Waals surface area contributed by atoms with Crippen LogP contribution in [0.15, 0.2) is 85.2 Å². The molecule has 0 fully saturated rings. The van der Waals surface area contributed by atoms with Crippen molar-refractivity contribution in [2.24, 2.45) is 0 Å². The number of aryl methyl sites for hydroxylation is 1. The Hall–Kier alpha value is -4.26. The highest BCUT2D eigenvalue weighted by atomic mass is 16.4. The van der Waals surface area contributed by atoms with Crippen LogP contribution in [0.3, 0.4) is 0 Å². The van der Waals surface area contributed by atoms with Crippen molar-refractivity contribution in [1.29, 1.82) is 0 Å². The van der Waals surface area contributed by atoms with Crippen molar-refractivity contribution in [3.05, 3.63) is 108 Å². The number of carboxylic acids is 1. The Balaban J connectivity index is 1.45. The Morgan fingerprint density at radius 3 is 2.53 bits per heavy atom. The van der Waals surface area contributed by atoms with Gasteiger partial charge in [-0.25, -0.2) is 0 Å². The van der Waals surface area contributed by atoms with Gasteiger partial charge in [0.25, 0.3) is 5.91 Å². The third-order valence-electron chi connectivity index (χ3n) is 5.42. The minimum Gasteiger partial charge on any atom is -0.481 e. The van der Waals surface area contributed by atoms with E-state index < -0.39 is 5.97 Å². The van der Waals surface area contributed by atoms with Gasteiger partial charge < -0.3 is 10.4 Å². The van der Waals surface area contributed by atoms with E-state index in [9.17, 15) is 9.59 Å². The fraction of sp³-hybridized carbons (Fsp3) is 0.185. The zero-order valence-electron chi connectivity index (χ0n) is 18.7. The molecule has 2 aromatic carbocycles. The first-order valence-electron chi connectivity index (χ1n) is 11.2. The maximum Gasteiger partial charge on any atom is 0.303 e. The molecule has 7 heteroatoms. The van der Waals surface area contributed by atoms with Crippen LogP contribution in [0.25, 0.3) is 11.3 Å². The molecule has 0 spiro atoms. The highest BCUT2D eigenvalue weighted by molar-refractivity contribution is 5.94. The molecular weight excluding hydrogens is 428 g/mol. The van der Waals surface area contributed by atoms with E-state index in [-0.39, 0.29) is 12.3 Å². The summed E-state index contributed by atoms with van der Waals surface area (Å²) in [5.74, 6) is -0.973. The Morgan fingerprint density at radius 2 is 1.76 bits per heavy atom. The second-order valence-corrected chi connectivity index (χ2v) is 7.99. The summed E-state index contributed by atoms with van der Waals surface area (Å²) >= 11 is 0. The molecule has 2 heterocycles. The highest BCUT2D eigenvalue weighted by Gasteiger charge is 2.13. The maximum absolute atomic E-state index is 12.6. The molecule has 0 radical (unpaired) electrons. The average Bonchev–Trinajstić information content (AvgIpc) is 3.26. The number of pyridine rings is 1. The number of carbonyl (C=O) groups excluding carboxylic acids is 1. The van der Waals surface area contributed by atoms with Gasteiger partial charge >= 0.3 is 5.97 Å².